The van der Waals surface area contributed by atoms with Crippen LogP contribution in [0.4, 0.5) is 5.69 Å². The third-order valence-electron chi connectivity index (χ3n) is 4.40. The van der Waals surface area contributed by atoms with Crippen LogP contribution < -0.4 is 14.2 Å². The van der Waals surface area contributed by atoms with Crippen molar-refractivity contribution < 1.29 is 17.9 Å². The molecule has 0 spiro atoms. The third kappa shape index (κ3) is 3.55. The summed E-state index contributed by atoms with van der Waals surface area (Å²) in [7, 11) is -0.934. The minimum Gasteiger partial charge on any atom is -0.497 e. The quantitative estimate of drug-likeness (QED) is 0.661. The summed E-state index contributed by atoms with van der Waals surface area (Å²) in [6, 6.07) is 11.8. The zero-order valence-corrected chi connectivity index (χ0v) is 17.0. The largest absolute Gasteiger partial charge is 0.497 e. The predicted octanol–water partition coefficient (Wildman–Crippen LogP) is 3.47. The summed E-state index contributed by atoms with van der Waals surface area (Å²) in [6.45, 7) is 0.966. The number of fused-ring (bicyclic) bond motifs is 1. The molecule has 28 heavy (non-hydrogen) atoms. The number of imidazole rings is 1. The molecule has 0 amide bonds. The van der Waals surface area contributed by atoms with E-state index in [1.807, 2.05) is 18.3 Å². The summed E-state index contributed by atoms with van der Waals surface area (Å²) >= 11 is 1.74. The maximum Gasteiger partial charge on any atom is 0.265 e. The van der Waals surface area contributed by atoms with Crippen molar-refractivity contribution in [3.8, 4) is 22.8 Å². The van der Waals surface area contributed by atoms with Gasteiger partial charge in [-0.05, 0) is 24.3 Å². The van der Waals surface area contributed by atoms with Crippen molar-refractivity contribution in [1.82, 2.24) is 9.55 Å². The zero-order chi connectivity index (χ0) is 19.7. The van der Waals surface area contributed by atoms with Gasteiger partial charge in [-0.15, -0.1) is 0 Å². The molecule has 1 aromatic heterocycles. The van der Waals surface area contributed by atoms with Gasteiger partial charge < -0.3 is 14.0 Å². The molecule has 0 radical (unpaired) electrons. The Morgan fingerprint density at radius 3 is 2.57 bits per heavy atom. The van der Waals surface area contributed by atoms with Crippen LogP contribution in [0.2, 0.25) is 0 Å². The van der Waals surface area contributed by atoms with Crippen LogP contribution in [0.25, 0.3) is 11.3 Å². The van der Waals surface area contributed by atoms with E-state index in [9.17, 15) is 8.42 Å². The number of thioether (sulfide) groups is 1. The first-order chi connectivity index (χ1) is 13.5. The molecule has 2 aromatic carbocycles. The van der Waals surface area contributed by atoms with Gasteiger partial charge in [0.2, 0.25) is 0 Å². The number of nitrogens with zero attached hydrogens (tertiary/aromatic N) is 2. The van der Waals surface area contributed by atoms with Crippen molar-refractivity contribution in [2.45, 2.75) is 16.6 Å². The molecule has 0 fully saturated rings. The fourth-order valence-electron chi connectivity index (χ4n) is 2.96. The number of nitrogens with one attached hydrogen (secondary N) is 1. The lowest BCUT2D eigenvalue weighted by Gasteiger charge is -2.13. The average molecular weight is 418 g/mol. The molecule has 3 aromatic rings. The molecule has 0 aliphatic carbocycles. The Balaban J connectivity index is 1.58. The Hall–Kier alpha value is -2.65. The molecule has 0 saturated carbocycles. The van der Waals surface area contributed by atoms with E-state index in [1.54, 1.807) is 36.0 Å². The minimum absolute atomic E-state index is 0.0148. The van der Waals surface area contributed by atoms with Gasteiger partial charge in [0.25, 0.3) is 10.0 Å². The van der Waals surface area contributed by atoms with Gasteiger partial charge in [-0.1, -0.05) is 23.9 Å². The molecule has 0 bridgehead atoms. The molecule has 1 N–H and O–H groups in total. The first kappa shape index (κ1) is 18.7. The maximum atomic E-state index is 12.8. The number of rotatable bonds is 6. The van der Waals surface area contributed by atoms with Crippen molar-refractivity contribution >= 4 is 27.5 Å². The van der Waals surface area contributed by atoms with Crippen LogP contribution in [0.1, 0.15) is 0 Å². The number of methoxy groups -OCH3 is 2. The summed E-state index contributed by atoms with van der Waals surface area (Å²) in [5.41, 5.74) is 2.27. The molecule has 2 heterocycles. The highest BCUT2D eigenvalue weighted by Gasteiger charge is 2.21. The number of anilines is 1. The summed E-state index contributed by atoms with van der Waals surface area (Å²) in [6.07, 6.45) is 2.02. The van der Waals surface area contributed by atoms with E-state index < -0.39 is 10.0 Å². The van der Waals surface area contributed by atoms with Crippen LogP contribution in [-0.4, -0.2) is 37.9 Å². The van der Waals surface area contributed by atoms with E-state index in [0.29, 0.717) is 11.4 Å². The maximum absolute atomic E-state index is 12.8. The highest BCUT2D eigenvalue weighted by atomic mass is 32.2. The van der Waals surface area contributed by atoms with Crippen molar-refractivity contribution in [1.29, 1.82) is 0 Å². The summed E-state index contributed by atoms with van der Waals surface area (Å²) in [5, 5.41) is 1.02. The van der Waals surface area contributed by atoms with Crippen LogP contribution in [0.15, 0.2) is 58.7 Å². The number of hydrogen-bond donors (Lipinski definition) is 1. The molecule has 1 aliphatic rings. The van der Waals surface area contributed by atoms with Gasteiger partial charge in [0, 0.05) is 35.8 Å². The molecule has 7 nitrogen and oxygen atoms in total. The fraction of sp³-hybridized carbons (Fsp3) is 0.211. The van der Waals surface area contributed by atoms with Gasteiger partial charge >= 0.3 is 0 Å². The lowest BCUT2D eigenvalue weighted by molar-refractivity contribution is 0.392. The number of aryl methyl sites for hydroxylation is 1. The lowest BCUT2D eigenvalue weighted by atomic mass is 10.1. The highest BCUT2D eigenvalue weighted by molar-refractivity contribution is 7.99. The topological polar surface area (TPSA) is 82.5 Å². The van der Waals surface area contributed by atoms with Crippen LogP contribution in [-0.2, 0) is 16.6 Å². The van der Waals surface area contributed by atoms with Crippen LogP contribution in [0.3, 0.4) is 0 Å². The Morgan fingerprint density at radius 2 is 1.89 bits per heavy atom. The molecule has 4 rings (SSSR count). The summed E-state index contributed by atoms with van der Waals surface area (Å²) in [5.74, 6) is 1.73. The average Bonchev–Trinajstić information content (AvgIpc) is 3.30. The van der Waals surface area contributed by atoms with Crippen molar-refractivity contribution in [2.75, 3.05) is 24.7 Å². The molecule has 0 saturated heterocycles. The third-order valence-corrected chi connectivity index (χ3v) is 6.77. The van der Waals surface area contributed by atoms with E-state index in [-0.39, 0.29) is 10.6 Å². The standard InChI is InChI=1S/C19H19N3O4S2/c1-25-15-7-8-17(26-2)18(11-15)28(23,24)21-14-5-3-13(4-6-14)16-12-22-9-10-27-19(22)20-16/h3-8,11-12,21H,9-10H2,1-2H3. The molecule has 1 aliphatic heterocycles. The predicted molar refractivity (Wildman–Crippen MR) is 109 cm³/mol. The molecule has 0 atom stereocenters. The number of benzene rings is 2. The SMILES string of the molecule is COc1ccc(OC)c(S(=O)(=O)Nc2ccc(-c3cn4c(n3)SCC4)cc2)c1. The monoisotopic (exact) mass is 417 g/mol. The number of hydrogen-bond acceptors (Lipinski definition) is 6. The molecular formula is C19H19N3O4S2. The first-order valence-corrected chi connectivity index (χ1v) is 11.0. The second-order valence-electron chi connectivity index (χ2n) is 6.15. The van der Waals surface area contributed by atoms with E-state index in [4.69, 9.17) is 9.47 Å². The van der Waals surface area contributed by atoms with Gasteiger partial charge in [0.1, 0.15) is 16.4 Å². The van der Waals surface area contributed by atoms with E-state index in [1.165, 1.54) is 20.3 Å². The number of ether oxygens (including phenoxy) is 2. The molecule has 146 valence electrons. The van der Waals surface area contributed by atoms with Crippen LogP contribution in [0, 0.1) is 0 Å². The van der Waals surface area contributed by atoms with Gasteiger partial charge in [0.05, 0.1) is 19.9 Å². The van der Waals surface area contributed by atoms with Crippen LogP contribution in [0.5, 0.6) is 11.5 Å². The fourth-order valence-corrected chi connectivity index (χ4v) is 5.15. The molecule has 9 heteroatoms. The Bertz CT molecular complexity index is 1090. The minimum atomic E-state index is -3.84. The second kappa shape index (κ2) is 7.40. The zero-order valence-electron chi connectivity index (χ0n) is 15.4. The highest BCUT2D eigenvalue weighted by Crippen LogP contribution is 2.31. The van der Waals surface area contributed by atoms with Gasteiger partial charge in [-0.25, -0.2) is 13.4 Å². The van der Waals surface area contributed by atoms with E-state index in [2.05, 4.69) is 14.3 Å². The molecular weight excluding hydrogens is 398 g/mol. The Labute approximate surface area is 167 Å². The normalized spacial score (nSPS) is 13.2. The Morgan fingerprint density at radius 1 is 1.11 bits per heavy atom. The number of aromatic nitrogens is 2. The van der Waals surface area contributed by atoms with Gasteiger partial charge in [-0.3, -0.25) is 4.72 Å². The van der Waals surface area contributed by atoms with Crippen molar-refractivity contribution in [3.63, 3.8) is 0 Å². The Kier molecular flexibility index (Phi) is 4.94. The van der Waals surface area contributed by atoms with E-state index in [0.717, 1.165) is 28.7 Å². The van der Waals surface area contributed by atoms with Gasteiger partial charge in [-0.2, -0.15) is 0 Å². The van der Waals surface area contributed by atoms with Crippen molar-refractivity contribution in [3.05, 3.63) is 48.7 Å². The smallest absolute Gasteiger partial charge is 0.265 e. The van der Waals surface area contributed by atoms with E-state index >= 15 is 0 Å². The van der Waals surface area contributed by atoms with Crippen LogP contribution >= 0.6 is 11.8 Å². The summed E-state index contributed by atoms with van der Waals surface area (Å²) < 4.78 is 40.7. The lowest BCUT2D eigenvalue weighted by Crippen LogP contribution is -2.14. The van der Waals surface area contributed by atoms with Crippen molar-refractivity contribution in [2.24, 2.45) is 0 Å². The second-order valence-corrected chi connectivity index (χ2v) is 8.86. The number of sulfonamides is 1. The summed E-state index contributed by atoms with van der Waals surface area (Å²) in [4.78, 5) is 4.63. The first-order valence-electron chi connectivity index (χ1n) is 8.55. The molecule has 0 unspecified atom stereocenters. The van der Waals surface area contributed by atoms with Gasteiger partial charge in [0.15, 0.2) is 5.16 Å².